The lowest BCUT2D eigenvalue weighted by molar-refractivity contribution is -0.119. The maximum atomic E-state index is 11.7. The van der Waals surface area contributed by atoms with Gasteiger partial charge in [-0.15, -0.1) is 11.3 Å². The van der Waals surface area contributed by atoms with Gasteiger partial charge in [0.15, 0.2) is 0 Å². The Morgan fingerprint density at radius 3 is 3.13 bits per heavy atom. The van der Waals surface area contributed by atoms with E-state index in [0.29, 0.717) is 24.5 Å². The Labute approximate surface area is 102 Å². The van der Waals surface area contributed by atoms with Crippen LogP contribution in [-0.2, 0) is 16.0 Å². The second-order valence-corrected chi connectivity index (χ2v) is 5.79. The summed E-state index contributed by atoms with van der Waals surface area (Å²) in [5.74, 6) is 0.792. The van der Waals surface area contributed by atoms with Gasteiger partial charge in [-0.05, 0) is 34.3 Å². The second-order valence-electron chi connectivity index (χ2n) is 3.88. The van der Waals surface area contributed by atoms with Gasteiger partial charge in [0.2, 0.25) is 0 Å². The largest absolute Gasteiger partial charge is 0.381 e. The molecule has 15 heavy (non-hydrogen) atoms. The van der Waals surface area contributed by atoms with Crippen molar-refractivity contribution in [3.8, 4) is 0 Å². The Hall–Kier alpha value is -0.190. The Morgan fingerprint density at radius 2 is 2.53 bits per heavy atom. The van der Waals surface area contributed by atoms with Crippen molar-refractivity contribution in [1.82, 2.24) is 0 Å². The molecule has 1 aliphatic heterocycles. The molecule has 1 aromatic heterocycles. The van der Waals surface area contributed by atoms with Crippen molar-refractivity contribution in [1.29, 1.82) is 0 Å². The van der Waals surface area contributed by atoms with Crippen LogP contribution in [0.2, 0.25) is 0 Å². The van der Waals surface area contributed by atoms with Gasteiger partial charge in [0.25, 0.3) is 0 Å². The molecule has 82 valence electrons. The number of carbonyl (C=O) groups excluding carboxylic acids is 1. The zero-order valence-electron chi connectivity index (χ0n) is 8.37. The Balaban J connectivity index is 1.81. The second kappa shape index (κ2) is 5.23. The third-order valence-corrected chi connectivity index (χ3v) is 4.23. The zero-order valence-corrected chi connectivity index (χ0v) is 10.8. The van der Waals surface area contributed by atoms with Gasteiger partial charge >= 0.3 is 0 Å². The maximum Gasteiger partial charge on any atom is 0.138 e. The average molecular weight is 289 g/mol. The highest BCUT2D eigenvalue weighted by Gasteiger charge is 2.19. The lowest BCUT2D eigenvalue weighted by Crippen LogP contribution is -2.10. The Bertz CT molecular complexity index is 342. The van der Waals surface area contributed by atoms with Gasteiger partial charge in [0.1, 0.15) is 5.78 Å². The normalized spacial score (nSPS) is 20.7. The number of carbonyl (C=O) groups is 1. The van der Waals surface area contributed by atoms with Crippen molar-refractivity contribution >= 4 is 33.0 Å². The van der Waals surface area contributed by atoms with Gasteiger partial charge in [-0.1, -0.05) is 0 Å². The summed E-state index contributed by atoms with van der Waals surface area (Å²) in [6.07, 6.45) is 2.29. The average Bonchev–Trinajstić information content (AvgIpc) is 2.77. The molecule has 0 radical (unpaired) electrons. The number of Topliss-reactive ketones (excluding diaryl/α,β-unsaturated/α-hetero) is 1. The van der Waals surface area contributed by atoms with Crippen LogP contribution < -0.4 is 0 Å². The maximum absolute atomic E-state index is 11.7. The molecule has 1 aliphatic rings. The van der Waals surface area contributed by atoms with Crippen molar-refractivity contribution in [2.45, 2.75) is 19.3 Å². The van der Waals surface area contributed by atoms with Crippen LogP contribution >= 0.6 is 27.3 Å². The molecular weight excluding hydrogens is 276 g/mol. The molecule has 0 aromatic carbocycles. The molecule has 0 aliphatic carbocycles. The van der Waals surface area contributed by atoms with Crippen molar-refractivity contribution in [2.24, 2.45) is 5.92 Å². The first kappa shape index (κ1) is 11.3. The van der Waals surface area contributed by atoms with Crippen LogP contribution in [0.25, 0.3) is 0 Å². The van der Waals surface area contributed by atoms with Crippen molar-refractivity contribution in [2.75, 3.05) is 13.2 Å². The highest BCUT2D eigenvalue weighted by molar-refractivity contribution is 9.10. The smallest absolute Gasteiger partial charge is 0.138 e. The summed E-state index contributed by atoms with van der Waals surface area (Å²) in [6, 6.07) is 2.02. The summed E-state index contributed by atoms with van der Waals surface area (Å²) in [4.78, 5) is 12.9. The van der Waals surface area contributed by atoms with Crippen molar-refractivity contribution in [3.63, 3.8) is 0 Å². The molecule has 0 amide bonds. The lowest BCUT2D eigenvalue weighted by Gasteiger charge is -2.04. The van der Waals surface area contributed by atoms with E-state index in [1.54, 1.807) is 11.3 Å². The third kappa shape index (κ3) is 3.40. The zero-order chi connectivity index (χ0) is 10.7. The molecule has 1 aromatic rings. The third-order valence-electron chi connectivity index (χ3n) is 2.53. The number of rotatable bonds is 4. The molecule has 0 bridgehead atoms. The number of ether oxygens (including phenoxy) is 1. The number of ketones is 1. The topological polar surface area (TPSA) is 26.3 Å². The highest BCUT2D eigenvalue weighted by atomic mass is 79.9. The van der Waals surface area contributed by atoms with Crippen LogP contribution in [0.3, 0.4) is 0 Å². The molecule has 0 saturated carbocycles. The summed E-state index contributed by atoms with van der Waals surface area (Å²) in [6.45, 7) is 1.59. The molecule has 2 nitrogen and oxygen atoms in total. The monoisotopic (exact) mass is 288 g/mol. The van der Waals surface area contributed by atoms with E-state index in [1.807, 2.05) is 11.4 Å². The summed E-state index contributed by atoms with van der Waals surface area (Å²) >= 11 is 5.03. The van der Waals surface area contributed by atoms with Crippen molar-refractivity contribution < 1.29 is 9.53 Å². The van der Waals surface area contributed by atoms with Gasteiger partial charge in [-0.2, -0.15) is 0 Å². The number of halogens is 1. The summed E-state index contributed by atoms with van der Waals surface area (Å²) in [5, 5.41) is 2.02. The van der Waals surface area contributed by atoms with Crippen LogP contribution in [-0.4, -0.2) is 19.0 Å². The fraction of sp³-hybridized carbons (Fsp3) is 0.545. The van der Waals surface area contributed by atoms with Crippen LogP contribution in [0, 0.1) is 5.92 Å². The minimum atomic E-state index is 0.333. The predicted octanol–water partition coefficient (Wildman–Crippen LogP) is 3.05. The summed E-state index contributed by atoms with van der Waals surface area (Å²) in [7, 11) is 0. The first-order valence-electron chi connectivity index (χ1n) is 5.06. The Morgan fingerprint density at radius 1 is 1.67 bits per heavy atom. The minimum Gasteiger partial charge on any atom is -0.381 e. The van der Waals surface area contributed by atoms with E-state index in [-0.39, 0.29) is 0 Å². The van der Waals surface area contributed by atoms with E-state index in [2.05, 4.69) is 15.9 Å². The predicted molar refractivity (Wildman–Crippen MR) is 64.3 cm³/mol. The molecule has 0 N–H and O–H groups in total. The molecule has 2 rings (SSSR count). The lowest BCUT2D eigenvalue weighted by atomic mass is 10.0. The fourth-order valence-corrected chi connectivity index (χ4v) is 3.26. The highest BCUT2D eigenvalue weighted by Crippen LogP contribution is 2.22. The van der Waals surface area contributed by atoms with Crippen LogP contribution in [0.4, 0.5) is 0 Å². The van der Waals surface area contributed by atoms with Gasteiger partial charge in [0, 0.05) is 40.8 Å². The minimum absolute atomic E-state index is 0.333. The van der Waals surface area contributed by atoms with Crippen LogP contribution in [0.1, 0.15) is 17.7 Å². The molecule has 1 unspecified atom stereocenters. The molecule has 2 heterocycles. The molecular formula is C11H13BrO2S. The number of hydrogen-bond acceptors (Lipinski definition) is 3. The van der Waals surface area contributed by atoms with Gasteiger partial charge in [-0.3, -0.25) is 4.79 Å². The van der Waals surface area contributed by atoms with Gasteiger partial charge < -0.3 is 4.74 Å². The van der Waals surface area contributed by atoms with Crippen LogP contribution in [0.5, 0.6) is 0 Å². The number of thiophene rings is 1. The molecule has 4 heteroatoms. The SMILES string of the molecule is O=C(Cc1cc(Br)cs1)CC1CCOC1. The van der Waals surface area contributed by atoms with Gasteiger partial charge in [-0.25, -0.2) is 0 Å². The standard InChI is InChI=1S/C11H13BrO2S/c12-9-4-11(15-7-9)5-10(13)3-8-1-2-14-6-8/h4,7-8H,1-3,5-6H2. The first-order chi connectivity index (χ1) is 7.24. The van der Waals surface area contributed by atoms with Gasteiger partial charge in [0.05, 0.1) is 0 Å². The van der Waals surface area contributed by atoms with E-state index >= 15 is 0 Å². The molecule has 1 atom stereocenters. The quantitative estimate of drug-likeness (QED) is 0.851. The van der Waals surface area contributed by atoms with E-state index in [1.165, 1.54) is 0 Å². The first-order valence-corrected chi connectivity index (χ1v) is 6.73. The van der Waals surface area contributed by atoms with Crippen molar-refractivity contribution in [3.05, 3.63) is 20.8 Å². The fourth-order valence-electron chi connectivity index (χ4n) is 1.78. The van der Waals surface area contributed by atoms with E-state index in [4.69, 9.17) is 4.74 Å². The number of hydrogen-bond donors (Lipinski definition) is 0. The van der Waals surface area contributed by atoms with E-state index < -0.39 is 0 Å². The Kier molecular flexibility index (Phi) is 3.94. The van der Waals surface area contributed by atoms with E-state index in [0.717, 1.165) is 29.0 Å². The molecule has 1 saturated heterocycles. The summed E-state index contributed by atoms with van der Waals surface area (Å²) < 4.78 is 6.32. The van der Waals surface area contributed by atoms with E-state index in [9.17, 15) is 4.79 Å². The summed E-state index contributed by atoms with van der Waals surface area (Å²) in [5.41, 5.74) is 0. The molecule has 1 fully saturated rings. The molecule has 0 spiro atoms. The van der Waals surface area contributed by atoms with Crippen LogP contribution in [0.15, 0.2) is 15.9 Å².